The lowest BCUT2D eigenvalue weighted by molar-refractivity contribution is 0.0597. The van der Waals surface area contributed by atoms with Crippen LogP contribution in [0.15, 0.2) is 21.9 Å². The molecule has 140 valence electrons. The number of likely N-dealkylation sites (tertiary alicyclic amines) is 2. The largest absolute Gasteiger partial charge is 0.421 e. The molecule has 0 aliphatic carbocycles. The van der Waals surface area contributed by atoms with Crippen LogP contribution in [0.1, 0.15) is 46.8 Å². The molecule has 4 heterocycles. The Morgan fingerprint density at radius 2 is 2.23 bits per heavy atom. The van der Waals surface area contributed by atoms with E-state index in [1.54, 1.807) is 7.11 Å². The van der Waals surface area contributed by atoms with Gasteiger partial charge in [0, 0.05) is 26.7 Å². The number of ether oxygens (including phenoxy) is 1. The van der Waals surface area contributed by atoms with E-state index < -0.39 is 0 Å². The molecule has 0 aromatic carbocycles. The highest BCUT2D eigenvalue weighted by atomic mass is 32.1. The van der Waals surface area contributed by atoms with E-state index in [-0.39, 0.29) is 17.4 Å². The van der Waals surface area contributed by atoms with E-state index in [0.29, 0.717) is 18.4 Å². The zero-order valence-corrected chi connectivity index (χ0v) is 16.0. The third-order valence-electron chi connectivity index (χ3n) is 5.62. The zero-order chi connectivity index (χ0) is 18.1. The molecule has 26 heavy (non-hydrogen) atoms. The van der Waals surface area contributed by atoms with Gasteiger partial charge in [0.05, 0.1) is 10.9 Å². The number of thiophene rings is 1. The summed E-state index contributed by atoms with van der Waals surface area (Å²) in [7, 11) is 3.73. The number of rotatable bonds is 4. The highest BCUT2D eigenvalue weighted by Crippen LogP contribution is 2.48. The zero-order valence-electron chi connectivity index (χ0n) is 15.2. The maximum atomic E-state index is 12.6. The van der Waals surface area contributed by atoms with Crippen molar-refractivity contribution < 1.29 is 13.9 Å². The van der Waals surface area contributed by atoms with Crippen molar-refractivity contribution in [2.75, 3.05) is 33.8 Å². The summed E-state index contributed by atoms with van der Waals surface area (Å²) >= 11 is 1.52. The first kappa shape index (κ1) is 17.6. The SMILES string of the molecule is COCc1nnc(C2CC3(CCN(C(=O)c4cccs4)CC3)CN2C)o1. The molecule has 2 aromatic rings. The number of hydrogen-bond donors (Lipinski definition) is 0. The molecular weight excluding hydrogens is 352 g/mol. The van der Waals surface area contributed by atoms with E-state index in [1.807, 2.05) is 22.4 Å². The maximum Gasteiger partial charge on any atom is 0.263 e. The van der Waals surface area contributed by atoms with Crippen LogP contribution in [0.3, 0.4) is 0 Å². The molecule has 0 radical (unpaired) electrons. The monoisotopic (exact) mass is 376 g/mol. The molecule has 0 N–H and O–H groups in total. The van der Waals surface area contributed by atoms with Gasteiger partial charge in [-0.1, -0.05) is 6.07 Å². The lowest BCUT2D eigenvalue weighted by Gasteiger charge is -2.39. The second-order valence-electron chi connectivity index (χ2n) is 7.37. The standard InChI is InChI=1S/C18H24N4O3S/c1-21-12-18(10-13(21)16-20-19-15(25-16)11-24-2)5-7-22(8-6-18)17(23)14-4-3-9-26-14/h3-4,9,13H,5-8,10-12H2,1-2H3. The molecule has 7 nitrogen and oxygen atoms in total. The van der Waals surface area contributed by atoms with Crippen LogP contribution in [0.4, 0.5) is 0 Å². The number of methoxy groups -OCH3 is 1. The summed E-state index contributed by atoms with van der Waals surface area (Å²) < 4.78 is 10.8. The van der Waals surface area contributed by atoms with Gasteiger partial charge in [-0.05, 0) is 43.2 Å². The number of amides is 1. The molecule has 1 spiro atoms. The summed E-state index contributed by atoms with van der Waals surface area (Å²) in [5.41, 5.74) is 0.224. The Balaban J connectivity index is 1.40. The number of piperidine rings is 1. The predicted molar refractivity (Wildman–Crippen MR) is 96.9 cm³/mol. The van der Waals surface area contributed by atoms with Crippen LogP contribution in [0, 0.1) is 5.41 Å². The lowest BCUT2D eigenvalue weighted by Crippen LogP contribution is -2.43. The third-order valence-corrected chi connectivity index (χ3v) is 6.48. The minimum Gasteiger partial charge on any atom is -0.421 e. The van der Waals surface area contributed by atoms with Gasteiger partial charge < -0.3 is 14.1 Å². The molecule has 1 unspecified atom stereocenters. The Morgan fingerprint density at radius 1 is 1.42 bits per heavy atom. The fourth-order valence-electron chi connectivity index (χ4n) is 4.23. The van der Waals surface area contributed by atoms with E-state index in [9.17, 15) is 4.79 Å². The molecule has 0 bridgehead atoms. The van der Waals surface area contributed by atoms with Gasteiger partial charge in [0.15, 0.2) is 0 Å². The molecule has 0 saturated carbocycles. The number of nitrogens with zero attached hydrogens (tertiary/aromatic N) is 4. The highest BCUT2D eigenvalue weighted by molar-refractivity contribution is 7.12. The Labute approximate surface area is 156 Å². The maximum absolute atomic E-state index is 12.6. The molecule has 1 amide bonds. The van der Waals surface area contributed by atoms with E-state index in [2.05, 4.69) is 22.1 Å². The number of carbonyl (C=O) groups excluding carboxylic acids is 1. The first-order chi connectivity index (χ1) is 12.6. The van der Waals surface area contributed by atoms with Gasteiger partial charge >= 0.3 is 0 Å². The summed E-state index contributed by atoms with van der Waals surface area (Å²) in [6.07, 6.45) is 3.03. The van der Waals surface area contributed by atoms with Crippen molar-refractivity contribution >= 4 is 17.2 Å². The van der Waals surface area contributed by atoms with Gasteiger partial charge in [-0.15, -0.1) is 21.5 Å². The van der Waals surface area contributed by atoms with Crippen LogP contribution in [-0.4, -0.2) is 59.7 Å². The number of hydrogen-bond acceptors (Lipinski definition) is 7. The van der Waals surface area contributed by atoms with E-state index >= 15 is 0 Å². The highest BCUT2D eigenvalue weighted by Gasteiger charge is 2.47. The van der Waals surface area contributed by atoms with Crippen molar-refractivity contribution in [2.24, 2.45) is 5.41 Å². The summed E-state index contributed by atoms with van der Waals surface area (Å²) in [6, 6.07) is 3.99. The molecule has 8 heteroatoms. The van der Waals surface area contributed by atoms with Crippen LogP contribution in [0.5, 0.6) is 0 Å². The van der Waals surface area contributed by atoms with Crippen molar-refractivity contribution in [3.8, 4) is 0 Å². The minimum atomic E-state index is 0.146. The summed E-state index contributed by atoms with van der Waals surface area (Å²) in [5.74, 6) is 1.36. The van der Waals surface area contributed by atoms with Crippen LogP contribution >= 0.6 is 11.3 Å². The van der Waals surface area contributed by atoms with Crippen molar-refractivity contribution in [2.45, 2.75) is 31.9 Å². The average molecular weight is 376 g/mol. The quantitative estimate of drug-likeness (QED) is 0.817. The summed E-state index contributed by atoms with van der Waals surface area (Å²) in [5, 5.41) is 10.2. The fraction of sp³-hybridized carbons (Fsp3) is 0.611. The number of aromatic nitrogens is 2. The number of carbonyl (C=O) groups is 1. The van der Waals surface area contributed by atoms with Crippen molar-refractivity contribution in [3.63, 3.8) is 0 Å². The second kappa shape index (κ2) is 7.09. The van der Waals surface area contributed by atoms with E-state index in [1.165, 1.54) is 11.3 Å². The normalized spacial score (nSPS) is 23.0. The Kier molecular flexibility index (Phi) is 4.81. The summed E-state index contributed by atoms with van der Waals surface area (Å²) in [4.78, 5) is 17.7. The van der Waals surface area contributed by atoms with Crippen LogP contribution in [-0.2, 0) is 11.3 Å². The third kappa shape index (κ3) is 3.28. The Morgan fingerprint density at radius 3 is 2.92 bits per heavy atom. The molecule has 2 aliphatic heterocycles. The average Bonchev–Trinajstić information content (AvgIpc) is 3.36. The van der Waals surface area contributed by atoms with Gasteiger partial charge in [0.25, 0.3) is 5.91 Å². The minimum absolute atomic E-state index is 0.146. The van der Waals surface area contributed by atoms with Crippen molar-refractivity contribution in [1.29, 1.82) is 0 Å². The molecule has 2 fully saturated rings. The molecule has 1 atom stereocenters. The summed E-state index contributed by atoms with van der Waals surface area (Å²) in [6.45, 7) is 2.97. The second-order valence-corrected chi connectivity index (χ2v) is 8.32. The van der Waals surface area contributed by atoms with Gasteiger partial charge in [-0.3, -0.25) is 9.69 Å². The van der Waals surface area contributed by atoms with Crippen molar-refractivity contribution in [1.82, 2.24) is 20.0 Å². The molecular formula is C18H24N4O3S. The van der Waals surface area contributed by atoms with E-state index in [4.69, 9.17) is 9.15 Å². The van der Waals surface area contributed by atoms with Gasteiger partial charge in [0.1, 0.15) is 6.61 Å². The van der Waals surface area contributed by atoms with Gasteiger partial charge in [0.2, 0.25) is 11.8 Å². The Bertz CT molecular complexity index is 752. The molecule has 2 aliphatic rings. The van der Waals surface area contributed by atoms with Gasteiger partial charge in [-0.25, -0.2) is 0 Å². The Hall–Kier alpha value is -1.77. The van der Waals surface area contributed by atoms with Crippen LogP contribution in [0.2, 0.25) is 0 Å². The molecule has 2 aromatic heterocycles. The van der Waals surface area contributed by atoms with Crippen LogP contribution < -0.4 is 0 Å². The fourth-order valence-corrected chi connectivity index (χ4v) is 4.92. The van der Waals surface area contributed by atoms with Crippen LogP contribution in [0.25, 0.3) is 0 Å². The van der Waals surface area contributed by atoms with Gasteiger partial charge in [-0.2, -0.15) is 0 Å². The first-order valence-electron chi connectivity index (χ1n) is 8.94. The van der Waals surface area contributed by atoms with Crippen molar-refractivity contribution in [3.05, 3.63) is 34.2 Å². The predicted octanol–water partition coefficient (Wildman–Crippen LogP) is 2.58. The molecule has 2 saturated heterocycles. The topological polar surface area (TPSA) is 71.7 Å². The van der Waals surface area contributed by atoms with E-state index in [0.717, 1.165) is 43.8 Å². The smallest absolute Gasteiger partial charge is 0.263 e. The first-order valence-corrected chi connectivity index (χ1v) is 9.82. The lowest BCUT2D eigenvalue weighted by atomic mass is 9.76. The molecule has 4 rings (SSSR count).